The molecule has 0 unspecified atom stereocenters. The molecule has 4 rings (SSSR count). The molecule has 0 fully saturated rings. The van der Waals surface area contributed by atoms with Crippen molar-refractivity contribution in [2.24, 2.45) is 4.40 Å². The van der Waals surface area contributed by atoms with Crippen LogP contribution in [0.5, 0.6) is 5.75 Å². The second-order valence-electron chi connectivity index (χ2n) is 7.74. The number of allylic oxidation sites excluding steroid dienone is 2. The number of ether oxygens (including phenoxy) is 1. The molecule has 0 amide bonds. The van der Waals surface area contributed by atoms with Crippen molar-refractivity contribution in [1.82, 2.24) is 0 Å². The van der Waals surface area contributed by atoms with E-state index in [2.05, 4.69) is 9.71 Å². The van der Waals surface area contributed by atoms with E-state index in [0.717, 1.165) is 11.3 Å². The highest BCUT2D eigenvalue weighted by molar-refractivity contribution is 7.90. The summed E-state index contributed by atoms with van der Waals surface area (Å²) in [7, 11) is -3.99. The number of ketones is 1. The summed E-state index contributed by atoms with van der Waals surface area (Å²) in [5, 5.41) is 3.10. The number of hydrogen-bond acceptors (Lipinski definition) is 5. The summed E-state index contributed by atoms with van der Waals surface area (Å²) in [6.45, 7) is 6.11. The third-order valence-corrected chi connectivity index (χ3v) is 6.70. The largest absolute Gasteiger partial charge is 0.494 e. The van der Waals surface area contributed by atoms with Crippen molar-refractivity contribution < 1.29 is 17.9 Å². The normalized spacial score (nSPS) is 14.6. The van der Waals surface area contributed by atoms with Gasteiger partial charge in [-0.25, -0.2) is 0 Å². The summed E-state index contributed by atoms with van der Waals surface area (Å²) in [5.74, 6) is 0.488. The summed E-state index contributed by atoms with van der Waals surface area (Å²) in [5.41, 5.74) is 3.59. The van der Waals surface area contributed by atoms with Gasteiger partial charge in [0, 0.05) is 16.8 Å². The van der Waals surface area contributed by atoms with Crippen molar-refractivity contribution in [3.05, 3.63) is 101 Å². The van der Waals surface area contributed by atoms with E-state index in [4.69, 9.17) is 4.74 Å². The molecule has 3 aromatic rings. The molecule has 0 saturated heterocycles. The first-order valence-corrected chi connectivity index (χ1v) is 12.0. The Bertz CT molecular complexity index is 1390. The lowest BCUT2D eigenvalue weighted by Gasteiger charge is -2.19. The lowest BCUT2D eigenvalue weighted by Crippen LogP contribution is -2.22. The Hall–Kier alpha value is -3.71. The van der Waals surface area contributed by atoms with Gasteiger partial charge < -0.3 is 10.1 Å². The maximum Gasteiger partial charge on any atom is 0.283 e. The van der Waals surface area contributed by atoms with Crippen molar-refractivity contribution in [3.63, 3.8) is 0 Å². The molecule has 0 spiro atoms. The van der Waals surface area contributed by atoms with Crippen LogP contribution in [0.25, 0.3) is 0 Å². The summed E-state index contributed by atoms with van der Waals surface area (Å²) in [4.78, 5) is 13.2. The molecule has 1 aliphatic rings. The minimum absolute atomic E-state index is 0.143. The van der Waals surface area contributed by atoms with E-state index in [0.29, 0.717) is 29.0 Å². The molecule has 7 heteroatoms. The molecule has 0 bridgehead atoms. The van der Waals surface area contributed by atoms with E-state index >= 15 is 0 Å². The number of nitrogens with zero attached hydrogens (tertiary/aromatic N) is 1. The molecule has 0 radical (unpaired) electrons. The van der Waals surface area contributed by atoms with Crippen molar-refractivity contribution in [1.29, 1.82) is 0 Å². The zero-order chi connectivity index (χ0) is 23.6. The smallest absolute Gasteiger partial charge is 0.283 e. The van der Waals surface area contributed by atoms with Gasteiger partial charge in [0.1, 0.15) is 5.75 Å². The fourth-order valence-electron chi connectivity index (χ4n) is 3.72. The molecule has 33 heavy (non-hydrogen) atoms. The Kier molecular flexibility index (Phi) is 6.16. The van der Waals surface area contributed by atoms with Gasteiger partial charge in [-0.2, -0.15) is 12.8 Å². The zero-order valence-corrected chi connectivity index (χ0v) is 19.4. The number of rotatable bonds is 6. The Labute approximate surface area is 193 Å². The molecule has 1 aliphatic carbocycles. The fourth-order valence-corrected chi connectivity index (χ4v) is 4.94. The SMILES string of the molecule is CCOc1ccc(NC2=CC(=NS(=O)(=O)c3ccc(C)cc3C)c3ccccc3C2=O)cc1. The van der Waals surface area contributed by atoms with Crippen LogP contribution in [0.3, 0.4) is 0 Å². The van der Waals surface area contributed by atoms with Gasteiger partial charge in [0.2, 0.25) is 5.78 Å². The first kappa shape index (κ1) is 22.5. The molecule has 0 heterocycles. The zero-order valence-electron chi connectivity index (χ0n) is 18.6. The van der Waals surface area contributed by atoms with Gasteiger partial charge in [0.25, 0.3) is 10.0 Å². The number of benzene rings is 3. The predicted molar refractivity (Wildman–Crippen MR) is 130 cm³/mol. The molecule has 3 aromatic carbocycles. The van der Waals surface area contributed by atoms with Crippen LogP contribution in [0.4, 0.5) is 5.69 Å². The van der Waals surface area contributed by atoms with Crippen molar-refractivity contribution in [3.8, 4) is 5.75 Å². The number of hydrogen-bond donors (Lipinski definition) is 1. The minimum Gasteiger partial charge on any atom is -0.494 e. The third-order valence-electron chi connectivity index (χ3n) is 5.24. The molecule has 1 N–H and O–H groups in total. The van der Waals surface area contributed by atoms with Gasteiger partial charge in [-0.1, -0.05) is 42.0 Å². The standard InChI is InChI=1S/C26H24N2O4S/c1-4-32-20-12-10-19(11-13-20)27-24-16-23(21-7-5-6-8-22(21)26(24)29)28-33(30,31)25-14-9-17(2)15-18(25)3/h5-16,27H,4H2,1-3H3. The molecular weight excluding hydrogens is 436 g/mol. The van der Waals surface area contributed by atoms with Gasteiger partial charge in [-0.3, -0.25) is 4.79 Å². The summed E-state index contributed by atoms with van der Waals surface area (Å²) >= 11 is 0. The van der Waals surface area contributed by atoms with Crippen molar-refractivity contribution in [2.45, 2.75) is 25.7 Å². The molecule has 168 valence electrons. The second-order valence-corrected chi connectivity index (χ2v) is 9.31. The Morgan fingerprint density at radius 2 is 1.64 bits per heavy atom. The van der Waals surface area contributed by atoms with E-state index in [1.807, 2.05) is 13.8 Å². The van der Waals surface area contributed by atoms with Crippen LogP contribution < -0.4 is 10.1 Å². The number of Topliss-reactive ketones (excluding diaryl/α,β-unsaturated/α-hetero) is 1. The van der Waals surface area contributed by atoms with Gasteiger partial charge in [0.05, 0.1) is 22.9 Å². The van der Waals surface area contributed by atoms with Crippen LogP contribution in [0.2, 0.25) is 0 Å². The quantitative estimate of drug-likeness (QED) is 0.555. The van der Waals surface area contributed by atoms with Crippen LogP contribution in [-0.4, -0.2) is 26.5 Å². The van der Waals surface area contributed by atoms with Crippen molar-refractivity contribution >= 4 is 27.2 Å². The van der Waals surface area contributed by atoms with Crippen LogP contribution >= 0.6 is 0 Å². The lowest BCUT2D eigenvalue weighted by molar-refractivity contribution is 0.103. The Morgan fingerprint density at radius 1 is 0.939 bits per heavy atom. The molecular formula is C26H24N2O4S. The number of anilines is 1. The van der Waals surface area contributed by atoms with Gasteiger partial charge in [0.15, 0.2) is 0 Å². The Morgan fingerprint density at radius 3 is 2.30 bits per heavy atom. The summed E-state index contributed by atoms with van der Waals surface area (Å²) in [6.07, 6.45) is 1.49. The van der Waals surface area contributed by atoms with Crippen LogP contribution in [0.1, 0.15) is 34.0 Å². The van der Waals surface area contributed by atoms with Gasteiger partial charge in [-0.05, 0) is 62.7 Å². The van der Waals surface area contributed by atoms with E-state index < -0.39 is 10.0 Å². The number of nitrogens with one attached hydrogen (secondary N) is 1. The highest BCUT2D eigenvalue weighted by atomic mass is 32.2. The maximum absolute atomic E-state index is 13.2. The second kappa shape index (κ2) is 9.03. The highest BCUT2D eigenvalue weighted by Gasteiger charge is 2.26. The summed E-state index contributed by atoms with van der Waals surface area (Å²) < 4.78 is 35.9. The summed E-state index contributed by atoms with van der Waals surface area (Å²) in [6, 6.07) is 19.2. The van der Waals surface area contributed by atoms with Crippen LogP contribution in [0, 0.1) is 13.8 Å². The van der Waals surface area contributed by atoms with Crippen molar-refractivity contribution in [2.75, 3.05) is 11.9 Å². The van der Waals surface area contributed by atoms with E-state index in [1.54, 1.807) is 73.7 Å². The molecule has 0 aliphatic heterocycles. The van der Waals surface area contributed by atoms with E-state index in [1.165, 1.54) is 6.08 Å². The Balaban J connectivity index is 1.76. The predicted octanol–water partition coefficient (Wildman–Crippen LogP) is 5.07. The number of sulfonamides is 1. The topological polar surface area (TPSA) is 84.8 Å². The average molecular weight is 461 g/mol. The molecule has 0 atom stereocenters. The fraction of sp³-hybridized carbons (Fsp3) is 0.154. The first-order chi connectivity index (χ1) is 15.8. The number of aryl methyl sites for hydroxylation is 2. The maximum atomic E-state index is 13.2. The number of fused-ring (bicyclic) bond motifs is 1. The third kappa shape index (κ3) is 4.73. The molecule has 6 nitrogen and oxygen atoms in total. The van der Waals surface area contributed by atoms with E-state index in [-0.39, 0.29) is 22.1 Å². The monoisotopic (exact) mass is 460 g/mol. The molecule has 0 aromatic heterocycles. The van der Waals surface area contributed by atoms with Gasteiger partial charge >= 0.3 is 0 Å². The van der Waals surface area contributed by atoms with Gasteiger partial charge in [-0.15, -0.1) is 0 Å². The molecule has 0 saturated carbocycles. The highest BCUT2D eigenvalue weighted by Crippen LogP contribution is 2.27. The van der Waals surface area contributed by atoms with Crippen LogP contribution in [-0.2, 0) is 10.0 Å². The minimum atomic E-state index is -3.99. The van der Waals surface area contributed by atoms with E-state index in [9.17, 15) is 13.2 Å². The average Bonchev–Trinajstić information content (AvgIpc) is 2.78. The first-order valence-electron chi connectivity index (χ1n) is 10.6. The number of carbonyl (C=O) groups is 1. The lowest BCUT2D eigenvalue weighted by atomic mass is 9.92. The number of carbonyl (C=O) groups excluding carboxylic acids is 1. The van der Waals surface area contributed by atoms with Crippen LogP contribution in [0.15, 0.2) is 87.8 Å².